The lowest BCUT2D eigenvalue weighted by Crippen LogP contribution is -2.32. The summed E-state index contributed by atoms with van der Waals surface area (Å²) in [4.78, 5) is 14.6. The predicted octanol–water partition coefficient (Wildman–Crippen LogP) is 3.66. The van der Waals surface area contributed by atoms with Gasteiger partial charge < -0.3 is 5.11 Å². The Morgan fingerprint density at radius 3 is 2.22 bits per heavy atom. The highest BCUT2D eigenvalue weighted by atomic mass is 16.3. The summed E-state index contributed by atoms with van der Waals surface area (Å²) in [5, 5.41) is 9.05. The molecular weight excluding hydrogens is 286 g/mol. The molecule has 2 aromatic carbocycles. The van der Waals surface area contributed by atoms with Crippen LogP contribution in [0.3, 0.4) is 0 Å². The number of carbonyl (C=O) groups excluding carboxylic acids is 1. The molecule has 0 bridgehead atoms. The third-order valence-corrected chi connectivity index (χ3v) is 4.04. The molecule has 0 aliphatic rings. The molecule has 1 N–H and O–H groups in total. The number of aliphatic hydroxyl groups excluding tert-OH is 1. The van der Waals surface area contributed by atoms with Crippen molar-refractivity contribution in [1.29, 1.82) is 0 Å². The smallest absolute Gasteiger partial charge is 0.164 e. The molecule has 0 unspecified atom stereocenters. The van der Waals surface area contributed by atoms with Crippen molar-refractivity contribution in [1.82, 2.24) is 4.90 Å². The molecule has 0 aliphatic heterocycles. The van der Waals surface area contributed by atoms with Crippen LogP contribution in [0.1, 0.15) is 41.8 Å². The molecule has 3 nitrogen and oxygen atoms in total. The van der Waals surface area contributed by atoms with Crippen molar-refractivity contribution in [3.05, 3.63) is 71.3 Å². The van der Waals surface area contributed by atoms with Crippen LogP contribution in [0.15, 0.2) is 54.6 Å². The standard InChI is InChI=1S/C20H25NO2/c1-16(2)21(14-17-6-4-3-5-7-17)13-12-20(23)19-10-8-18(15-22)9-11-19/h3-11,16,22H,12-15H2,1-2H3. The van der Waals surface area contributed by atoms with Gasteiger partial charge in [-0.05, 0) is 25.0 Å². The summed E-state index contributed by atoms with van der Waals surface area (Å²) in [6, 6.07) is 17.9. The molecule has 2 rings (SSSR count). The molecule has 0 spiro atoms. The van der Waals surface area contributed by atoms with Crippen LogP contribution >= 0.6 is 0 Å². The molecule has 0 fully saturated rings. The van der Waals surface area contributed by atoms with Crippen molar-refractivity contribution < 1.29 is 9.90 Å². The normalized spacial score (nSPS) is 11.2. The van der Waals surface area contributed by atoms with Crippen molar-refractivity contribution in [3.8, 4) is 0 Å². The lowest BCUT2D eigenvalue weighted by atomic mass is 10.1. The van der Waals surface area contributed by atoms with Gasteiger partial charge in [-0.3, -0.25) is 9.69 Å². The van der Waals surface area contributed by atoms with E-state index in [0.717, 1.165) is 18.7 Å². The average molecular weight is 311 g/mol. The number of aliphatic hydroxyl groups is 1. The van der Waals surface area contributed by atoms with Crippen LogP contribution in [-0.4, -0.2) is 28.4 Å². The van der Waals surface area contributed by atoms with E-state index in [9.17, 15) is 4.79 Å². The summed E-state index contributed by atoms with van der Waals surface area (Å²) >= 11 is 0. The Kier molecular flexibility index (Phi) is 6.51. The minimum Gasteiger partial charge on any atom is -0.392 e. The Labute approximate surface area is 138 Å². The molecule has 0 radical (unpaired) electrons. The monoisotopic (exact) mass is 311 g/mol. The molecule has 122 valence electrons. The molecule has 23 heavy (non-hydrogen) atoms. The highest BCUT2D eigenvalue weighted by Crippen LogP contribution is 2.12. The second-order valence-corrected chi connectivity index (χ2v) is 6.08. The van der Waals surface area contributed by atoms with Gasteiger partial charge in [-0.2, -0.15) is 0 Å². The number of carbonyl (C=O) groups is 1. The van der Waals surface area contributed by atoms with Gasteiger partial charge in [0.1, 0.15) is 0 Å². The quantitative estimate of drug-likeness (QED) is 0.756. The second kappa shape index (κ2) is 8.61. The SMILES string of the molecule is CC(C)N(CCC(=O)c1ccc(CO)cc1)Cc1ccccc1. The maximum atomic E-state index is 12.3. The van der Waals surface area contributed by atoms with Gasteiger partial charge in [0.15, 0.2) is 5.78 Å². The fourth-order valence-electron chi connectivity index (χ4n) is 2.52. The van der Waals surface area contributed by atoms with Crippen molar-refractivity contribution in [2.24, 2.45) is 0 Å². The van der Waals surface area contributed by atoms with E-state index in [0.29, 0.717) is 18.0 Å². The van der Waals surface area contributed by atoms with E-state index in [1.165, 1.54) is 5.56 Å². The van der Waals surface area contributed by atoms with Gasteiger partial charge in [-0.15, -0.1) is 0 Å². The zero-order valence-electron chi connectivity index (χ0n) is 13.9. The summed E-state index contributed by atoms with van der Waals surface area (Å²) in [5.74, 6) is 0.146. The number of nitrogens with zero attached hydrogens (tertiary/aromatic N) is 1. The van der Waals surface area contributed by atoms with Crippen molar-refractivity contribution in [3.63, 3.8) is 0 Å². The minimum atomic E-state index is 0.00662. The number of rotatable bonds is 8. The Morgan fingerprint density at radius 2 is 1.65 bits per heavy atom. The Hall–Kier alpha value is -1.97. The lowest BCUT2D eigenvalue weighted by molar-refractivity contribution is 0.0952. The van der Waals surface area contributed by atoms with E-state index in [2.05, 4.69) is 30.9 Å². The van der Waals surface area contributed by atoms with E-state index in [4.69, 9.17) is 5.11 Å². The fourth-order valence-corrected chi connectivity index (χ4v) is 2.52. The van der Waals surface area contributed by atoms with Crippen LogP contribution in [0.4, 0.5) is 0 Å². The van der Waals surface area contributed by atoms with Gasteiger partial charge in [-0.1, -0.05) is 54.6 Å². The summed E-state index contributed by atoms with van der Waals surface area (Å²) in [5.41, 5.74) is 2.81. The molecule has 0 aromatic heterocycles. The highest BCUT2D eigenvalue weighted by Gasteiger charge is 2.13. The molecule has 3 heteroatoms. The maximum Gasteiger partial charge on any atom is 0.164 e. The number of hydrogen-bond donors (Lipinski definition) is 1. The van der Waals surface area contributed by atoms with Crippen molar-refractivity contribution >= 4 is 5.78 Å². The van der Waals surface area contributed by atoms with Crippen LogP contribution < -0.4 is 0 Å². The molecular formula is C20H25NO2. The zero-order chi connectivity index (χ0) is 16.7. The number of Topliss-reactive ketones (excluding diaryl/α,β-unsaturated/α-hetero) is 1. The molecule has 0 saturated carbocycles. The first kappa shape index (κ1) is 17.4. The van der Waals surface area contributed by atoms with Gasteiger partial charge in [0, 0.05) is 31.1 Å². The first-order valence-electron chi connectivity index (χ1n) is 8.11. The first-order chi connectivity index (χ1) is 11.1. The first-order valence-corrected chi connectivity index (χ1v) is 8.11. The average Bonchev–Trinajstić information content (AvgIpc) is 2.59. The van der Waals surface area contributed by atoms with Crippen LogP contribution in [0.2, 0.25) is 0 Å². The number of benzene rings is 2. The van der Waals surface area contributed by atoms with E-state index >= 15 is 0 Å². The maximum absolute atomic E-state index is 12.3. The summed E-state index contributed by atoms with van der Waals surface area (Å²) < 4.78 is 0. The zero-order valence-corrected chi connectivity index (χ0v) is 13.9. The summed E-state index contributed by atoms with van der Waals surface area (Å²) in [7, 11) is 0. The van der Waals surface area contributed by atoms with Crippen LogP contribution in [0.5, 0.6) is 0 Å². The minimum absolute atomic E-state index is 0.00662. The second-order valence-electron chi connectivity index (χ2n) is 6.08. The molecule has 0 heterocycles. The highest BCUT2D eigenvalue weighted by molar-refractivity contribution is 5.96. The largest absolute Gasteiger partial charge is 0.392 e. The Bertz CT molecular complexity index is 605. The van der Waals surface area contributed by atoms with Gasteiger partial charge >= 0.3 is 0 Å². The Balaban J connectivity index is 1.93. The number of ketones is 1. The third kappa shape index (κ3) is 5.31. The van der Waals surface area contributed by atoms with Crippen molar-refractivity contribution in [2.75, 3.05) is 6.54 Å². The topological polar surface area (TPSA) is 40.5 Å². The van der Waals surface area contributed by atoms with Crippen molar-refractivity contribution in [2.45, 2.75) is 39.5 Å². The summed E-state index contributed by atoms with van der Waals surface area (Å²) in [6.07, 6.45) is 0.503. The van der Waals surface area contributed by atoms with Gasteiger partial charge in [-0.25, -0.2) is 0 Å². The van der Waals surface area contributed by atoms with Gasteiger partial charge in [0.25, 0.3) is 0 Å². The van der Waals surface area contributed by atoms with Gasteiger partial charge in [0.2, 0.25) is 0 Å². The summed E-state index contributed by atoms with van der Waals surface area (Å²) in [6.45, 7) is 5.92. The molecule has 0 saturated heterocycles. The third-order valence-electron chi connectivity index (χ3n) is 4.04. The molecule has 0 aliphatic carbocycles. The lowest BCUT2D eigenvalue weighted by Gasteiger charge is -2.26. The van der Waals surface area contributed by atoms with E-state index in [1.54, 1.807) is 24.3 Å². The molecule has 2 aromatic rings. The predicted molar refractivity (Wildman–Crippen MR) is 93.3 cm³/mol. The van der Waals surface area contributed by atoms with Crippen LogP contribution in [0.25, 0.3) is 0 Å². The Morgan fingerprint density at radius 1 is 1.00 bits per heavy atom. The molecule has 0 amide bonds. The van der Waals surface area contributed by atoms with E-state index in [-0.39, 0.29) is 12.4 Å². The molecule has 0 atom stereocenters. The van der Waals surface area contributed by atoms with E-state index in [1.807, 2.05) is 18.2 Å². The number of hydrogen-bond acceptors (Lipinski definition) is 3. The van der Waals surface area contributed by atoms with Crippen LogP contribution in [0, 0.1) is 0 Å². The van der Waals surface area contributed by atoms with Crippen LogP contribution in [-0.2, 0) is 13.2 Å². The fraction of sp³-hybridized carbons (Fsp3) is 0.350. The van der Waals surface area contributed by atoms with E-state index < -0.39 is 0 Å². The van der Waals surface area contributed by atoms with Gasteiger partial charge in [0.05, 0.1) is 6.61 Å².